The van der Waals surface area contributed by atoms with Crippen LogP contribution in [-0.4, -0.2) is 28.5 Å². The summed E-state index contributed by atoms with van der Waals surface area (Å²) in [5.74, 6) is 0.140. The Bertz CT molecular complexity index is 433. The van der Waals surface area contributed by atoms with E-state index in [-0.39, 0.29) is 5.91 Å². The largest absolute Gasteiger partial charge is 0.339 e. The van der Waals surface area contributed by atoms with Crippen molar-refractivity contribution in [2.45, 2.75) is 51.6 Å². The van der Waals surface area contributed by atoms with E-state index in [9.17, 15) is 4.79 Å². The third-order valence-corrected chi connectivity index (χ3v) is 4.22. The molecule has 1 aromatic heterocycles. The maximum Gasteiger partial charge on any atom is 0.270 e. The van der Waals surface area contributed by atoms with E-state index >= 15 is 0 Å². The van der Waals surface area contributed by atoms with Crippen molar-refractivity contribution in [2.75, 3.05) is 7.05 Å². The summed E-state index contributed by atoms with van der Waals surface area (Å²) < 4.78 is 3.13. The van der Waals surface area contributed by atoms with Gasteiger partial charge in [0.15, 0.2) is 0 Å². The first-order valence-electron chi connectivity index (χ1n) is 6.73. The molecule has 0 saturated heterocycles. The minimum Gasteiger partial charge on any atom is -0.339 e. The van der Waals surface area contributed by atoms with Crippen LogP contribution in [0.3, 0.4) is 0 Å². The van der Waals surface area contributed by atoms with Crippen molar-refractivity contribution in [3.63, 3.8) is 0 Å². The van der Waals surface area contributed by atoms with Crippen molar-refractivity contribution in [1.82, 2.24) is 9.47 Å². The summed E-state index contributed by atoms with van der Waals surface area (Å²) in [5, 5.41) is 0. The van der Waals surface area contributed by atoms with Crippen LogP contribution in [0, 0.1) is 0 Å². The quantitative estimate of drug-likeness (QED) is 0.810. The van der Waals surface area contributed by atoms with Crippen LogP contribution in [0.1, 0.15) is 56.1 Å². The van der Waals surface area contributed by atoms with Gasteiger partial charge in [-0.25, -0.2) is 0 Å². The Morgan fingerprint density at radius 2 is 2.11 bits per heavy atom. The zero-order valence-electron chi connectivity index (χ0n) is 11.3. The average molecular weight is 313 g/mol. The molecule has 0 atom stereocenters. The predicted octanol–water partition coefficient (Wildman–Crippen LogP) is 3.85. The van der Waals surface area contributed by atoms with Crippen LogP contribution in [0.5, 0.6) is 0 Å². The van der Waals surface area contributed by atoms with Crippen LogP contribution >= 0.6 is 15.9 Å². The highest BCUT2D eigenvalue weighted by Gasteiger charge is 2.29. The van der Waals surface area contributed by atoms with Crippen molar-refractivity contribution < 1.29 is 4.79 Å². The third-order valence-electron chi connectivity index (χ3n) is 3.79. The molecule has 1 heterocycles. The molecule has 0 aromatic carbocycles. The third kappa shape index (κ3) is 2.63. The maximum absolute atomic E-state index is 12.6. The molecule has 1 aliphatic rings. The molecule has 1 amide bonds. The first-order chi connectivity index (χ1) is 8.58. The Balaban J connectivity index is 2.22. The van der Waals surface area contributed by atoms with E-state index in [0.29, 0.717) is 12.1 Å². The number of aromatic nitrogens is 1. The van der Waals surface area contributed by atoms with Gasteiger partial charge in [-0.05, 0) is 47.7 Å². The van der Waals surface area contributed by atoms with E-state index in [2.05, 4.69) is 34.3 Å². The molecule has 0 aliphatic heterocycles. The summed E-state index contributed by atoms with van der Waals surface area (Å²) in [4.78, 5) is 14.4. The molecule has 0 N–H and O–H groups in total. The highest BCUT2D eigenvalue weighted by atomic mass is 79.9. The molecule has 0 spiro atoms. The van der Waals surface area contributed by atoms with Crippen LogP contribution in [0.25, 0.3) is 0 Å². The Hall–Kier alpha value is -0.770. The molecule has 1 saturated carbocycles. The van der Waals surface area contributed by atoms with E-state index in [0.717, 1.165) is 23.0 Å². The van der Waals surface area contributed by atoms with E-state index in [1.165, 1.54) is 12.8 Å². The maximum atomic E-state index is 12.6. The topological polar surface area (TPSA) is 25.2 Å². The van der Waals surface area contributed by atoms with Gasteiger partial charge < -0.3 is 9.47 Å². The summed E-state index contributed by atoms with van der Waals surface area (Å²) in [6, 6.07) is 2.81. The van der Waals surface area contributed by atoms with Crippen LogP contribution in [0.2, 0.25) is 0 Å². The lowest BCUT2D eigenvalue weighted by molar-refractivity contribution is 0.0712. The highest BCUT2D eigenvalue weighted by molar-refractivity contribution is 9.10. The molecule has 0 unspecified atom stereocenters. The lowest BCUT2D eigenvalue weighted by Crippen LogP contribution is -2.37. The van der Waals surface area contributed by atoms with Crippen LogP contribution in [-0.2, 0) is 0 Å². The van der Waals surface area contributed by atoms with Crippen LogP contribution < -0.4 is 0 Å². The van der Waals surface area contributed by atoms with Gasteiger partial charge in [-0.3, -0.25) is 4.79 Å². The molecule has 18 heavy (non-hydrogen) atoms. The number of carbonyl (C=O) groups excluding carboxylic acids is 1. The van der Waals surface area contributed by atoms with Gasteiger partial charge in [0.2, 0.25) is 0 Å². The van der Waals surface area contributed by atoms with Gasteiger partial charge in [-0.2, -0.15) is 0 Å². The molecule has 1 fully saturated rings. The van der Waals surface area contributed by atoms with Gasteiger partial charge in [0.1, 0.15) is 5.69 Å². The van der Waals surface area contributed by atoms with E-state index in [4.69, 9.17) is 0 Å². The van der Waals surface area contributed by atoms with Gasteiger partial charge in [0, 0.05) is 29.8 Å². The number of carbonyl (C=O) groups is 1. The summed E-state index contributed by atoms with van der Waals surface area (Å²) in [5.41, 5.74) is 0.818. The van der Waals surface area contributed by atoms with Crippen LogP contribution in [0.15, 0.2) is 16.7 Å². The lowest BCUT2D eigenvalue weighted by atomic mass is 10.1. The van der Waals surface area contributed by atoms with Gasteiger partial charge in [-0.1, -0.05) is 13.8 Å². The molecular formula is C14H21BrN2O. The molecule has 0 bridgehead atoms. The zero-order valence-corrected chi connectivity index (χ0v) is 12.9. The molecule has 1 aromatic rings. The number of rotatable bonds is 5. The van der Waals surface area contributed by atoms with Crippen molar-refractivity contribution in [3.8, 4) is 0 Å². The van der Waals surface area contributed by atoms with Gasteiger partial charge in [0.05, 0.1) is 0 Å². The van der Waals surface area contributed by atoms with E-state index < -0.39 is 0 Å². The van der Waals surface area contributed by atoms with Gasteiger partial charge >= 0.3 is 0 Å². The standard InChI is InChI=1S/C14H21BrN2O/c1-4-11(5-2)16(3)14(18)13-8-10(15)9-17(13)12-6-7-12/h8-9,11-12H,4-7H2,1-3H3. The normalized spacial score (nSPS) is 15.2. The van der Waals surface area contributed by atoms with E-state index in [1.807, 2.05) is 24.2 Å². The Kier molecular flexibility index (Phi) is 4.15. The zero-order chi connectivity index (χ0) is 13.3. The number of nitrogens with zero attached hydrogens (tertiary/aromatic N) is 2. The Labute approximate surface area is 117 Å². The second-order valence-electron chi connectivity index (χ2n) is 5.07. The Morgan fingerprint density at radius 1 is 1.50 bits per heavy atom. The monoisotopic (exact) mass is 312 g/mol. The Morgan fingerprint density at radius 3 is 2.61 bits per heavy atom. The van der Waals surface area contributed by atoms with Gasteiger partial charge in [-0.15, -0.1) is 0 Å². The van der Waals surface area contributed by atoms with Crippen molar-refractivity contribution in [1.29, 1.82) is 0 Å². The van der Waals surface area contributed by atoms with E-state index in [1.54, 1.807) is 0 Å². The minimum atomic E-state index is 0.140. The molecule has 100 valence electrons. The first kappa shape index (κ1) is 13.7. The average Bonchev–Trinajstić information content (AvgIpc) is 3.13. The first-order valence-corrected chi connectivity index (χ1v) is 7.52. The molecular weight excluding hydrogens is 292 g/mol. The summed E-state index contributed by atoms with van der Waals surface area (Å²) >= 11 is 3.48. The van der Waals surface area contributed by atoms with Crippen LogP contribution in [0.4, 0.5) is 0 Å². The van der Waals surface area contributed by atoms with Crippen molar-refractivity contribution in [2.24, 2.45) is 0 Å². The molecule has 0 radical (unpaired) electrons. The highest BCUT2D eigenvalue weighted by Crippen LogP contribution is 2.37. The lowest BCUT2D eigenvalue weighted by Gasteiger charge is -2.26. The number of halogens is 1. The summed E-state index contributed by atoms with van der Waals surface area (Å²) in [6.45, 7) is 4.27. The summed E-state index contributed by atoms with van der Waals surface area (Å²) in [6.07, 6.45) is 6.42. The fourth-order valence-electron chi connectivity index (χ4n) is 2.45. The molecule has 3 nitrogen and oxygen atoms in total. The second kappa shape index (κ2) is 5.47. The number of amides is 1. The minimum absolute atomic E-state index is 0.140. The second-order valence-corrected chi connectivity index (χ2v) is 5.98. The molecule has 2 rings (SSSR count). The number of hydrogen-bond acceptors (Lipinski definition) is 1. The molecule has 4 heteroatoms. The fourth-order valence-corrected chi connectivity index (χ4v) is 2.89. The van der Waals surface area contributed by atoms with Gasteiger partial charge in [0.25, 0.3) is 5.91 Å². The number of hydrogen-bond donors (Lipinski definition) is 0. The fraction of sp³-hybridized carbons (Fsp3) is 0.643. The summed E-state index contributed by atoms with van der Waals surface area (Å²) in [7, 11) is 1.91. The molecule has 1 aliphatic carbocycles. The SMILES string of the molecule is CCC(CC)N(C)C(=O)c1cc(Br)cn1C1CC1. The van der Waals surface area contributed by atoms with Crippen molar-refractivity contribution in [3.05, 3.63) is 22.4 Å². The smallest absolute Gasteiger partial charge is 0.270 e. The predicted molar refractivity (Wildman–Crippen MR) is 76.9 cm³/mol. The van der Waals surface area contributed by atoms with Crippen molar-refractivity contribution >= 4 is 21.8 Å².